The fraction of sp³-hybridized carbons (Fsp3) is 0.500. The van der Waals surface area contributed by atoms with Crippen LogP contribution < -0.4 is 5.32 Å². The summed E-state index contributed by atoms with van der Waals surface area (Å²) >= 11 is 0. The topological polar surface area (TPSA) is 73.9 Å². The molecule has 3 aromatic carbocycles. The molecule has 0 bridgehead atoms. The van der Waals surface area contributed by atoms with E-state index in [1.807, 2.05) is 72.8 Å². The SMILES string of the molecule is CCCCCCCC/C=C/[C@](COCc1ccccc1)(NC(=O)OCc1ccccc1)C(=O)O[C@@H]1C[C@H](C)CC[C@H]1C(C)(C)c1ccccc1. The lowest BCUT2D eigenvalue weighted by molar-refractivity contribution is -0.165. The Morgan fingerprint density at radius 2 is 1.40 bits per heavy atom. The molecule has 1 N–H and O–H groups in total. The second kappa shape index (κ2) is 20.1. The Kier molecular flexibility index (Phi) is 15.6. The van der Waals surface area contributed by atoms with E-state index in [1.165, 1.54) is 31.2 Å². The predicted octanol–water partition coefficient (Wildman–Crippen LogP) is 10.5. The van der Waals surface area contributed by atoms with Gasteiger partial charge in [-0.25, -0.2) is 9.59 Å². The van der Waals surface area contributed by atoms with Gasteiger partial charge in [-0.2, -0.15) is 0 Å². The molecule has 0 heterocycles. The van der Waals surface area contributed by atoms with Crippen LogP contribution in [-0.2, 0) is 37.6 Å². The number of nitrogens with one attached hydrogen (secondary N) is 1. The molecule has 1 aliphatic rings. The smallest absolute Gasteiger partial charge is 0.408 e. The number of ether oxygens (including phenoxy) is 3. The number of esters is 1. The third-order valence-corrected chi connectivity index (χ3v) is 10.2. The van der Waals surface area contributed by atoms with Crippen molar-refractivity contribution in [2.24, 2.45) is 11.8 Å². The number of hydrogen-bond acceptors (Lipinski definition) is 5. The molecule has 6 heteroatoms. The van der Waals surface area contributed by atoms with E-state index in [9.17, 15) is 9.59 Å². The van der Waals surface area contributed by atoms with Crippen LogP contribution in [0.4, 0.5) is 4.79 Å². The first kappa shape index (κ1) is 38.9. The van der Waals surface area contributed by atoms with E-state index in [1.54, 1.807) is 6.08 Å². The lowest BCUT2D eigenvalue weighted by atomic mass is 9.64. The number of unbranched alkanes of at least 4 members (excludes halogenated alkanes) is 6. The zero-order valence-electron chi connectivity index (χ0n) is 30.8. The third kappa shape index (κ3) is 11.9. The highest BCUT2D eigenvalue weighted by molar-refractivity contribution is 5.88. The monoisotopic (exact) mass is 681 g/mol. The Morgan fingerprint density at radius 3 is 2.06 bits per heavy atom. The van der Waals surface area contributed by atoms with Crippen LogP contribution in [0.5, 0.6) is 0 Å². The summed E-state index contributed by atoms with van der Waals surface area (Å²) in [6.45, 7) is 9.21. The Bertz CT molecular complexity index is 1440. The summed E-state index contributed by atoms with van der Waals surface area (Å²) < 4.78 is 18.5. The van der Waals surface area contributed by atoms with Crippen LogP contribution in [-0.4, -0.2) is 30.3 Å². The van der Waals surface area contributed by atoms with Gasteiger partial charge in [-0.05, 0) is 59.8 Å². The van der Waals surface area contributed by atoms with E-state index in [0.29, 0.717) is 5.92 Å². The fourth-order valence-corrected chi connectivity index (χ4v) is 7.09. The Labute approximate surface area is 301 Å². The maximum Gasteiger partial charge on any atom is 0.408 e. The fourth-order valence-electron chi connectivity index (χ4n) is 7.09. The molecule has 0 saturated heterocycles. The van der Waals surface area contributed by atoms with E-state index in [4.69, 9.17) is 14.2 Å². The van der Waals surface area contributed by atoms with Gasteiger partial charge in [-0.1, -0.05) is 163 Å². The standard InChI is InChI=1S/C44H59NO5/c1-5-6-7-8-9-10-11-21-30-44(34-48-32-36-22-15-12-16-23-36,45-42(47)49-33-37-24-17-13-18-25-37)41(46)50-40-31-35(2)28-29-39(40)43(3,4)38-26-19-14-20-27-38/h12-27,30,35,39-40H,5-11,28-29,31-34H2,1-4H3,(H,45,47)/b30-21+/t35-,39-,40-,44-/m1/s1. The van der Waals surface area contributed by atoms with Gasteiger partial charge in [0.05, 0.1) is 13.2 Å². The van der Waals surface area contributed by atoms with E-state index in [-0.39, 0.29) is 37.3 Å². The van der Waals surface area contributed by atoms with E-state index in [2.05, 4.69) is 57.3 Å². The molecule has 4 rings (SSSR count). The lowest BCUT2D eigenvalue weighted by Gasteiger charge is -2.45. The van der Waals surface area contributed by atoms with Crippen LogP contribution in [0.25, 0.3) is 0 Å². The predicted molar refractivity (Wildman–Crippen MR) is 202 cm³/mol. The Hall–Kier alpha value is -3.90. The molecule has 270 valence electrons. The van der Waals surface area contributed by atoms with Gasteiger partial charge in [0.25, 0.3) is 0 Å². The van der Waals surface area contributed by atoms with Crippen LogP contribution in [0.2, 0.25) is 0 Å². The van der Waals surface area contributed by atoms with E-state index < -0.39 is 17.6 Å². The van der Waals surface area contributed by atoms with Crippen LogP contribution >= 0.6 is 0 Å². The van der Waals surface area contributed by atoms with E-state index in [0.717, 1.165) is 49.7 Å². The number of amides is 1. The molecule has 3 aromatic rings. The van der Waals surface area contributed by atoms with Crippen LogP contribution in [0.15, 0.2) is 103 Å². The maximum atomic E-state index is 14.7. The molecule has 1 fully saturated rings. The lowest BCUT2D eigenvalue weighted by Crippen LogP contribution is -2.58. The number of alkyl carbamates (subject to hydrolysis) is 1. The van der Waals surface area contributed by atoms with Crippen LogP contribution in [0, 0.1) is 11.8 Å². The molecule has 0 spiro atoms. The highest BCUT2D eigenvalue weighted by Crippen LogP contribution is 2.44. The minimum atomic E-state index is -1.58. The van der Waals surface area contributed by atoms with Crippen molar-refractivity contribution >= 4 is 12.1 Å². The van der Waals surface area contributed by atoms with E-state index >= 15 is 0 Å². The highest BCUT2D eigenvalue weighted by atomic mass is 16.6. The van der Waals surface area contributed by atoms with Crippen molar-refractivity contribution in [2.75, 3.05) is 6.61 Å². The summed E-state index contributed by atoms with van der Waals surface area (Å²) in [5.41, 5.74) is 1.25. The van der Waals surface area contributed by atoms with Crippen molar-refractivity contribution in [1.29, 1.82) is 0 Å². The van der Waals surface area contributed by atoms with Gasteiger partial charge in [0, 0.05) is 5.92 Å². The first-order valence-electron chi connectivity index (χ1n) is 18.8. The summed E-state index contributed by atoms with van der Waals surface area (Å²) in [4.78, 5) is 28.2. The first-order chi connectivity index (χ1) is 24.2. The molecule has 0 unspecified atom stereocenters. The number of allylic oxidation sites excluding steroid dienone is 1. The molecule has 6 nitrogen and oxygen atoms in total. The number of benzene rings is 3. The van der Waals surface area contributed by atoms with Crippen molar-refractivity contribution in [3.63, 3.8) is 0 Å². The van der Waals surface area contributed by atoms with Crippen LogP contribution in [0.3, 0.4) is 0 Å². The van der Waals surface area contributed by atoms with Gasteiger partial charge in [-0.3, -0.25) is 5.32 Å². The van der Waals surface area contributed by atoms with Gasteiger partial charge in [0.2, 0.25) is 0 Å². The van der Waals surface area contributed by atoms with Gasteiger partial charge >= 0.3 is 12.1 Å². The maximum absolute atomic E-state index is 14.7. The zero-order chi connectivity index (χ0) is 35.7. The van der Waals surface area contributed by atoms with Crippen molar-refractivity contribution < 1.29 is 23.8 Å². The quantitative estimate of drug-likeness (QED) is 0.0774. The Morgan fingerprint density at radius 1 is 0.800 bits per heavy atom. The second-order valence-electron chi connectivity index (χ2n) is 14.7. The minimum absolute atomic E-state index is 0.0810. The average molecular weight is 682 g/mol. The third-order valence-electron chi connectivity index (χ3n) is 10.2. The number of hydrogen-bond donors (Lipinski definition) is 1. The number of carbonyl (C=O) groups excluding carboxylic acids is 2. The molecule has 0 radical (unpaired) electrons. The number of carbonyl (C=O) groups is 2. The summed E-state index contributed by atoms with van der Waals surface area (Å²) in [7, 11) is 0. The summed E-state index contributed by atoms with van der Waals surface area (Å²) in [5, 5.41) is 2.94. The molecule has 1 saturated carbocycles. The second-order valence-corrected chi connectivity index (χ2v) is 14.7. The minimum Gasteiger partial charge on any atom is -0.460 e. The van der Waals surface area contributed by atoms with Crippen molar-refractivity contribution in [3.05, 3.63) is 120 Å². The largest absolute Gasteiger partial charge is 0.460 e. The van der Waals surface area contributed by atoms with Gasteiger partial charge in [0.1, 0.15) is 12.7 Å². The molecule has 0 aliphatic heterocycles. The van der Waals surface area contributed by atoms with Crippen LogP contribution in [0.1, 0.15) is 109 Å². The normalized spacial score (nSPS) is 19.1. The molecular formula is C44H59NO5. The summed E-state index contributed by atoms with van der Waals surface area (Å²) in [5.74, 6) is -0.00842. The molecule has 1 aliphatic carbocycles. The molecule has 50 heavy (non-hydrogen) atoms. The van der Waals surface area contributed by atoms with Crippen molar-refractivity contribution in [2.45, 2.75) is 122 Å². The highest BCUT2D eigenvalue weighted by Gasteiger charge is 2.46. The van der Waals surface area contributed by atoms with Crippen molar-refractivity contribution in [1.82, 2.24) is 5.32 Å². The van der Waals surface area contributed by atoms with Crippen molar-refractivity contribution in [3.8, 4) is 0 Å². The molecule has 0 aromatic heterocycles. The molecule has 4 atom stereocenters. The Balaban J connectivity index is 1.61. The van der Waals surface area contributed by atoms with Gasteiger partial charge in [-0.15, -0.1) is 0 Å². The zero-order valence-corrected chi connectivity index (χ0v) is 30.8. The summed E-state index contributed by atoms with van der Waals surface area (Å²) in [6.07, 6.45) is 13.3. The number of rotatable bonds is 19. The van der Waals surface area contributed by atoms with Gasteiger partial charge < -0.3 is 14.2 Å². The van der Waals surface area contributed by atoms with Gasteiger partial charge in [0.15, 0.2) is 5.54 Å². The first-order valence-corrected chi connectivity index (χ1v) is 18.8. The average Bonchev–Trinajstić information content (AvgIpc) is 3.13. The molecule has 1 amide bonds. The molecular weight excluding hydrogens is 622 g/mol. The summed E-state index contributed by atoms with van der Waals surface area (Å²) in [6, 6.07) is 29.8.